The SMILES string of the molecule is CC(=O)N1N=C(N(C(C)=O)C2CCCCCCC2)SC1c1cc2ccccc2nc1Cl. The molecule has 1 aliphatic carbocycles. The number of thioether (sulfide) groups is 1. The number of nitrogens with zero attached hydrogens (tertiary/aromatic N) is 4. The largest absolute Gasteiger partial charge is 0.287 e. The first kappa shape index (κ1) is 22.1. The molecule has 2 aliphatic rings. The van der Waals surface area contributed by atoms with Gasteiger partial charge in [-0.25, -0.2) is 9.99 Å². The van der Waals surface area contributed by atoms with Gasteiger partial charge in [-0.15, -0.1) is 5.10 Å². The van der Waals surface area contributed by atoms with Crippen molar-refractivity contribution in [3.05, 3.63) is 41.0 Å². The Hall–Kier alpha value is -2.12. The molecule has 6 nitrogen and oxygen atoms in total. The van der Waals surface area contributed by atoms with E-state index in [0.717, 1.165) is 42.1 Å². The van der Waals surface area contributed by atoms with E-state index in [9.17, 15) is 9.59 Å². The van der Waals surface area contributed by atoms with Crippen LogP contribution >= 0.6 is 23.4 Å². The number of hydrogen-bond acceptors (Lipinski definition) is 5. The van der Waals surface area contributed by atoms with E-state index in [2.05, 4.69) is 10.1 Å². The molecule has 1 fully saturated rings. The number of benzene rings is 1. The average molecular weight is 459 g/mol. The molecule has 0 saturated heterocycles. The Bertz CT molecular complexity index is 1020. The Morgan fingerprint density at radius 2 is 1.77 bits per heavy atom. The normalized spacial score (nSPS) is 20.3. The molecule has 1 aromatic heterocycles. The minimum absolute atomic E-state index is 0.0382. The van der Waals surface area contributed by atoms with Gasteiger partial charge < -0.3 is 0 Å². The Morgan fingerprint density at radius 3 is 2.45 bits per heavy atom. The fourth-order valence-corrected chi connectivity index (χ4v) is 6.02. The summed E-state index contributed by atoms with van der Waals surface area (Å²) in [4.78, 5) is 31.5. The second-order valence-corrected chi connectivity index (χ2v) is 9.57. The predicted molar refractivity (Wildman–Crippen MR) is 126 cm³/mol. The van der Waals surface area contributed by atoms with Crippen molar-refractivity contribution in [1.82, 2.24) is 14.9 Å². The van der Waals surface area contributed by atoms with Gasteiger partial charge in [-0.2, -0.15) is 0 Å². The number of para-hydroxylation sites is 1. The van der Waals surface area contributed by atoms with E-state index >= 15 is 0 Å². The first-order valence-electron chi connectivity index (χ1n) is 10.9. The van der Waals surface area contributed by atoms with Crippen LogP contribution in [0.1, 0.15) is 69.7 Å². The quantitative estimate of drug-likeness (QED) is 0.540. The molecule has 2 heterocycles. The van der Waals surface area contributed by atoms with Gasteiger partial charge in [0.25, 0.3) is 0 Å². The first-order chi connectivity index (χ1) is 15.0. The lowest BCUT2D eigenvalue weighted by Gasteiger charge is -2.31. The standard InChI is InChI=1S/C23H27ClN4O2S/c1-15(29)27(18-11-6-4-3-5-7-12-18)23-26-28(16(2)30)22(31-23)19-14-17-10-8-9-13-20(17)25-21(19)24/h8-10,13-14,18,22H,3-7,11-12H2,1-2H3. The Labute approximate surface area is 192 Å². The highest BCUT2D eigenvalue weighted by molar-refractivity contribution is 8.14. The molecule has 1 saturated carbocycles. The third kappa shape index (κ3) is 4.72. The van der Waals surface area contributed by atoms with Crippen LogP contribution in [0.2, 0.25) is 5.15 Å². The van der Waals surface area contributed by atoms with Crippen LogP contribution in [0, 0.1) is 0 Å². The number of halogens is 1. The average Bonchev–Trinajstić information content (AvgIpc) is 3.13. The molecule has 2 amide bonds. The van der Waals surface area contributed by atoms with Gasteiger partial charge in [-0.05, 0) is 25.0 Å². The number of aromatic nitrogens is 1. The second kappa shape index (κ2) is 9.57. The van der Waals surface area contributed by atoms with Gasteiger partial charge in [0.2, 0.25) is 11.8 Å². The topological polar surface area (TPSA) is 65.9 Å². The van der Waals surface area contributed by atoms with Gasteiger partial charge in [0, 0.05) is 30.8 Å². The summed E-state index contributed by atoms with van der Waals surface area (Å²) in [5.74, 6) is -0.235. The summed E-state index contributed by atoms with van der Waals surface area (Å²) in [6.07, 6.45) is 7.78. The van der Waals surface area contributed by atoms with Gasteiger partial charge in [0.05, 0.1) is 5.52 Å². The van der Waals surface area contributed by atoms with Crippen LogP contribution in [0.4, 0.5) is 0 Å². The molecule has 4 rings (SSSR count). The van der Waals surface area contributed by atoms with Gasteiger partial charge >= 0.3 is 0 Å². The van der Waals surface area contributed by atoms with Crippen molar-refractivity contribution in [2.24, 2.45) is 5.10 Å². The Morgan fingerprint density at radius 1 is 1.10 bits per heavy atom. The summed E-state index contributed by atoms with van der Waals surface area (Å²) < 4.78 is 0. The van der Waals surface area contributed by atoms with Crippen molar-refractivity contribution in [1.29, 1.82) is 0 Å². The van der Waals surface area contributed by atoms with E-state index in [1.807, 2.05) is 30.3 Å². The number of carbonyl (C=O) groups excluding carboxylic acids is 2. The van der Waals surface area contributed by atoms with Crippen LogP contribution < -0.4 is 0 Å². The van der Waals surface area contributed by atoms with Gasteiger partial charge in [-0.3, -0.25) is 14.5 Å². The number of amidine groups is 1. The minimum atomic E-state index is -0.451. The number of carbonyl (C=O) groups is 2. The molecular weight excluding hydrogens is 432 g/mol. The lowest BCUT2D eigenvalue weighted by atomic mass is 9.96. The fourth-order valence-electron chi connectivity index (χ4n) is 4.38. The zero-order valence-corrected chi connectivity index (χ0v) is 19.5. The van der Waals surface area contributed by atoms with Crippen LogP contribution in [0.15, 0.2) is 35.4 Å². The van der Waals surface area contributed by atoms with Gasteiger partial charge in [0.15, 0.2) is 5.17 Å². The van der Waals surface area contributed by atoms with E-state index in [1.54, 1.807) is 11.8 Å². The summed E-state index contributed by atoms with van der Waals surface area (Å²) in [7, 11) is 0. The lowest BCUT2D eigenvalue weighted by Crippen LogP contribution is -2.42. The molecule has 8 heteroatoms. The molecule has 1 aromatic carbocycles. The number of rotatable bonds is 2. The maximum absolute atomic E-state index is 12.7. The highest BCUT2D eigenvalue weighted by atomic mass is 35.5. The third-order valence-electron chi connectivity index (χ3n) is 5.91. The summed E-state index contributed by atoms with van der Waals surface area (Å²) in [5, 5.41) is 7.44. The summed E-state index contributed by atoms with van der Waals surface area (Å²) in [5.41, 5.74) is 1.52. The zero-order chi connectivity index (χ0) is 22.0. The molecule has 2 aromatic rings. The second-order valence-electron chi connectivity index (χ2n) is 8.17. The van der Waals surface area contributed by atoms with E-state index in [4.69, 9.17) is 11.6 Å². The van der Waals surface area contributed by atoms with Crippen LogP contribution in [0.5, 0.6) is 0 Å². The molecule has 0 spiro atoms. The van der Waals surface area contributed by atoms with Crippen LogP contribution in [0.25, 0.3) is 10.9 Å². The van der Waals surface area contributed by atoms with Gasteiger partial charge in [0.1, 0.15) is 10.5 Å². The van der Waals surface area contributed by atoms with Crippen LogP contribution in [-0.2, 0) is 9.59 Å². The molecule has 31 heavy (non-hydrogen) atoms. The molecule has 1 atom stereocenters. The highest BCUT2D eigenvalue weighted by Gasteiger charge is 2.39. The van der Waals surface area contributed by atoms with Crippen molar-refractivity contribution in [3.63, 3.8) is 0 Å². The number of pyridine rings is 1. The number of hydrogen-bond donors (Lipinski definition) is 0. The molecule has 0 radical (unpaired) electrons. The molecule has 0 N–H and O–H groups in total. The van der Waals surface area contributed by atoms with Crippen LogP contribution in [0.3, 0.4) is 0 Å². The maximum atomic E-state index is 12.7. The van der Waals surface area contributed by atoms with Crippen molar-refractivity contribution < 1.29 is 9.59 Å². The van der Waals surface area contributed by atoms with Crippen LogP contribution in [-0.4, -0.2) is 37.9 Å². The number of amides is 2. The Balaban J connectivity index is 1.67. The molecular formula is C23H27ClN4O2S. The van der Waals surface area contributed by atoms with Gasteiger partial charge in [-0.1, -0.05) is 73.7 Å². The minimum Gasteiger partial charge on any atom is -0.287 e. The summed E-state index contributed by atoms with van der Waals surface area (Å²) in [6, 6.07) is 9.81. The fraction of sp³-hybridized carbons (Fsp3) is 0.478. The van der Waals surface area contributed by atoms with E-state index in [1.165, 1.54) is 43.0 Å². The van der Waals surface area contributed by atoms with E-state index in [0.29, 0.717) is 10.3 Å². The van der Waals surface area contributed by atoms with Crippen molar-refractivity contribution >= 4 is 51.2 Å². The van der Waals surface area contributed by atoms with E-state index in [-0.39, 0.29) is 17.9 Å². The molecule has 1 aliphatic heterocycles. The molecule has 1 unspecified atom stereocenters. The van der Waals surface area contributed by atoms with Crippen molar-refractivity contribution in [2.45, 2.75) is 70.2 Å². The van der Waals surface area contributed by atoms with Crippen molar-refractivity contribution in [3.8, 4) is 0 Å². The lowest BCUT2D eigenvalue weighted by molar-refractivity contribution is -0.130. The number of hydrazone groups is 1. The molecule has 164 valence electrons. The monoisotopic (exact) mass is 458 g/mol. The third-order valence-corrected chi connectivity index (χ3v) is 7.38. The maximum Gasteiger partial charge on any atom is 0.241 e. The Kier molecular flexibility index (Phi) is 6.82. The number of fused-ring (bicyclic) bond motifs is 1. The first-order valence-corrected chi connectivity index (χ1v) is 12.1. The highest BCUT2D eigenvalue weighted by Crippen LogP contribution is 2.44. The predicted octanol–water partition coefficient (Wildman–Crippen LogP) is 5.71. The summed E-state index contributed by atoms with van der Waals surface area (Å²) in [6.45, 7) is 3.06. The zero-order valence-electron chi connectivity index (χ0n) is 17.9. The summed E-state index contributed by atoms with van der Waals surface area (Å²) >= 11 is 7.94. The van der Waals surface area contributed by atoms with Crippen molar-refractivity contribution in [2.75, 3.05) is 0 Å². The van der Waals surface area contributed by atoms with E-state index < -0.39 is 5.37 Å². The molecule has 0 bridgehead atoms. The smallest absolute Gasteiger partial charge is 0.241 e.